The smallest absolute Gasteiger partial charge is 0.354 e. The lowest BCUT2D eigenvalue weighted by Gasteiger charge is -2.14. The summed E-state index contributed by atoms with van der Waals surface area (Å²) in [6, 6.07) is 55.5. The number of phenolic OH excluding ortho intramolecular Hbond substituents is 1. The third-order valence-electron chi connectivity index (χ3n) is 27.5. The summed E-state index contributed by atoms with van der Waals surface area (Å²) in [6.45, 7) is 14.4. The van der Waals surface area contributed by atoms with Crippen LogP contribution in [0.15, 0.2) is 164 Å². The summed E-state index contributed by atoms with van der Waals surface area (Å²) in [7, 11) is 14.7. The highest BCUT2D eigenvalue weighted by atomic mass is 35.5. The number of ether oxygens (including phenoxy) is 4. The second-order valence-corrected chi connectivity index (χ2v) is 40.6. The molecule has 0 saturated heterocycles. The number of phenols is 1. The Hall–Kier alpha value is -12.7. The Kier molecular flexibility index (Phi) is 29.5. The minimum absolute atomic E-state index is 0.00956. The number of rotatable bonds is 14. The van der Waals surface area contributed by atoms with Gasteiger partial charge in [-0.05, 0) is 222 Å². The number of fused-ring (bicyclic) bond motifs is 18. The average Bonchev–Trinajstić information content (AvgIpc) is 1.58. The summed E-state index contributed by atoms with van der Waals surface area (Å²) in [4.78, 5) is 39.0. The van der Waals surface area contributed by atoms with Gasteiger partial charge < -0.3 is 48.0 Å². The molecule has 0 aliphatic carbocycles. The van der Waals surface area contributed by atoms with Gasteiger partial charge in [0.05, 0.1) is 61.6 Å². The molecule has 20 rings (SSSR count). The molecular weight excluding hydrogens is 1890 g/mol. The number of aromatic hydroxyl groups is 1. The highest BCUT2D eigenvalue weighted by Gasteiger charge is 2.33. The Morgan fingerprint density at radius 3 is 1.45 bits per heavy atom. The van der Waals surface area contributed by atoms with Gasteiger partial charge >= 0.3 is 17.9 Å². The maximum atomic E-state index is 13.3. The number of carbonyl (C=O) groups excluding carboxylic acids is 2. The van der Waals surface area contributed by atoms with Gasteiger partial charge in [-0.1, -0.05) is 126 Å². The largest absolute Gasteiger partial charge is 0.507 e. The molecule has 18 aromatic rings. The molecule has 0 amide bonds. The molecule has 16 bridgehead atoms. The minimum atomic E-state index is -0.960. The molecule has 0 unspecified atom stereocenters. The molecule has 141 heavy (non-hydrogen) atoms. The zero-order valence-electron chi connectivity index (χ0n) is 81.7. The second kappa shape index (κ2) is 42.2. The van der Waals surface area contributed by atoms with Crippen molar-refractivity contribution in [3.05, 3.63) is 298 Å². The maximum Gasteiger partial charge on any atom is 0.354 e. The lowest BCUT2D eigenvalue weighted by atomic mass is 9.97. The van der Waals surface area contributed by atoms with Crippen LogP contribution in [-0.2, 0) is 144 Å². The molecule has 0 radical (unpaired) electrons. The summed E-state index contributed by atoms with van der Waals surface area (Å²) >= 11 is 26.3. The normalized spacial score (nSPS) is 13.3. The van der Waals surface area contributed by atoms with Gasteiger partial charge in [0, 0.05) is 235 Å². The van der Waals surface area contributed by atoms with Crippen LogP contribution in [-0.4, -0.2) is 140 Å². The van der Waals surface area contributed by atoms with Crippen molar-refractivity contribution in [3.8, 4) is 50.6 Å². The molecule has 728 valence electrons. The van der Waals surface area contributed by atoms with Crippen molar-refractivity contribution < 1.29 is 48.7 Å². The molecule has 11 heterocycles. The predicted molar refractivity (Wildman–Crippen MR) is 568 cm³/mol. The molecule has 9 aromatic carbocycles. The van der Waals surface area contributed by atoms with Gasteiger partial charge in [-0.25, -0.2) is 14.4 Å². The molecule has 0 spiro atoms. The van der Waals surface area contributed by atoms with Gasteiger partial charge in [0.2, 0.25) is 0 Å². The number of nitrogens with zero attached hydrogens (tertiary/aromatic N) is 15. The van der Waals surface area contributed by atoms with Crippen LogP contribution in [0.2, 0.25) is 15.1 Å². The molecule has 2 aliphatic heterocycles. The lowest BCUT2D eigenvalue weighted by Crippen LogP contribution is -2.13. The quantitative estimate of drug-likeness (QED) is 0.0854. The number of esters is 2. The summed E-state index contributed by atoms with van der Waals surface area (Å²) in [6.07, 6.45) is 6.91. The van der Waals surface area contributed by atoms with Crippen LogP contribution in [0.25, 0.3) is 98.4 Å². The van der Waals surface area contributed by atoms with E-state index in [-0.39, 0.29) is 18.3 Å². The fourth-order valence-corrected chi connectivity index (χ4v) is 23.8. The predicted octanol–water partition coefficient (Wildman–Crippen LogP) is 23.2. The van der Waals surface area contributed by atoms with Crippen LogP contribution in [0.4, 0.5) is 0 Å². The molecule has 25 nitrogen and oxygen atoms in total. The van der Waals surface area contributed by atoms with Crippen LogP contribution in [0, 0.1) is 41.5 Å². The van der Waals surface area contributed by atoms with Crippen molar-refractivity contribution >= 4 is 153 Å². The zero-order chi connectivity index (χ0) is 99.0. The summed E-state index contributed by atoms with van der Waals surface area (Å²) in [5.74, 6) is 4.49. The van der Waals surface area contributed by atoms with E-state index in [1.54, 1.807) is 35.3 Å². The minimum Gasteiger partial charge on any atom is -0.507 e. The Labute approximate surface area is 846 Å². The van der Waals surface area contributed by atoms with E-state index in [0.717, 1.165) is 234 Å². The molecule has 0 atom stereocenters. The average molecular weight is 2010 g/mol. The number of aliphatic hydroxyl groups is 1. The topological polar surface area (TPSA) is 271 Å². The Morgan fingerprint density at radius 2 is 0.922 bits per heavy atom. The van der Waals surface area contributed by atoms with Crippen LogP contribution in [0.3, 0.4) is 0 Å². The first-order valence-corrected chi connectivity index (χ1v) is 52.0. The maximum absolute atomic E-state index is 13.3. The number of hydrogen-bond acceptors (Lipinski definition) is 18. The van der Waals surface area contributed by atoms with Gasteiger partial charge in [-0.15, -0.1) is 35.3 Å². The van der Waals surface area contributed by atoms with Gasteiger partial charge in [0.1, 0.15) is 34.3 Å². The number of carbonyl (C=O) groups is 3. The highest BCUT2D eigenvalue weighted by molar-refractivity contribution is 7.98. The fourth-order valence-electron chi connectivity index (χ4n) is 20.5. The fraction of sp³-hybridized carbons (Fsp3) is 0.318. The first-order chi connectivity index (χ1) is 68.1. The number of aromatic carboxylic acids is 1. The van der Waals surface area contributed by atoms with Crippen molar-refractivity contribution in [1.29, 1.82) is 0 Å². The van der Waals surface area contributed by atoms with Gasteiger partial charge in [-0.2, -0.15) is 30.6 Å². The molecule has 9 aromatic heterocycles. The highest BCUT2D eigenvalue weighted by Crippen LogP contribution is 2.49. The van der Waals surface area contributed by atoms with Crippen LogP contribution >= 0.6 is 70.1 Å². The van der Waals surface area contributed by atoms with Crippen LogP contribution in [0.5, 0.6) is 17.2 Å². The van der Waals surface area contributed by atoms with E-state index in [9.17, 15) is 29.7 Å². The van der Waals surface area contributed by atoms with E-state index >= 15 is 0 Å². The van der Waals surface area contributed by atoms with Crippen molar-refractivity contribution in [2.75, 3.05) is 34.0 Å². The number of carboxylic acids is 1. The zero-order valence-corrected chi connectivity index (χ0v) is 86.4. The number of methoxy groups -OCH3 is 2. The van der Waals surface area contributed by atoms with Gasteiger partial charge in [0.25, 0.3) is 0 Å². The molecule has 2 aliphatic rings. The number of hydrogen-bond donors (Lipinski definition) is 3. The van der Waals surface area contributed by atoms with Crippen molar-refractivity contribution in [2.45, 2.75) is 153 Å². The van der Waals surface area contributed by atoms with E-state index in [1.807, 2.05) is 193 Å². The number of thioether (sulfide) groups is 3. The number of carboxylic acid groups (broad SMARTS) is 1. The molecule has 0 saturated carbocycles. The number of aryl methyl sites for hydroxylation is 18. The Morgan fingerprint density at radius 1 is 0.461 bits per heavy atom. The monoisotopic (exact) mass is 2010 g/mol. The number of benzene rings is 9. The number of halogens is 3. The molecule has 31 heteroatoms. The standard InChI is InChI=1S/C37H40ClN5O4S.C37H38ClN5O3S.C36H36ClN5O3S/c1-22-33-31(43(15-8-16-44)36(22)37(46)47-5)14-13-29(38)35(33)34-23(2)41(3)40-30(34)21-48-20-26-19-27(42(4)39-26)12-11-24-17-25-9-6-7-10-28(25)32(45)18-24;1-22-33-31-14-13-29(38)35(33)34-23(2)41(3)40-30(34)21-47-20-26-19-27(42(4)39-26)12-11-24-17-25-9-6-7-10-28(25)32(18-24)46-16-8-15-43(31)36(22)37(44)45-5;1-21-32-30-13-12-28(37)34(32)33-22(2)40(3)39-29(33)20-46-19-25-18-26(41(4)38-25)11-10-23-16-24-8-5-6-9-27(24)31(17-23)45-15-7-14-42(30)35(21)36(43)44/h6-7,9-10,13-14,17-19,44-45H,8,11-12,15-16,20-21H2,1-5H3;6-7,9-10,13-14,17-19H,8,11-12,15-16,20-21H2,1-5H3;5-6,8-9,12-13,16-18H,7,10-11,14-15,19-20H2,1-4H3,(H,43,44). The van der Waals surface area contributed by atoms with E-state index in [2.05, 4.69) is 96.4 Å². The third-order valence-corrected chi connectivity index (χ3v) is 31.4. The first kappa shape index (κ1) is 98.5. The van der Waals surface area contributed by atoms with Crippen LogP contribution < -0.4 is 9.47 Å². The summed E-state index contributed by atoms with van der Waals surface area (Å²) < 4.78 is 40.9. The van der Waals surface area contributed by atoms with Gasteiger partial charge in [-0.3, -0.25) is 28.1 Å². The van der Waals surface area contributed by atoms with E-state index in [0.29, 0.717) is 113 Å². The van der Waals surface area contributed by atoms with E-state index in [1.165, 1.54) is 36.7 Å². The van der Waals surface area contributed by atoms with Crippen molar-refractivity contribution in [3.63, 3.8) is 0 Å². The Bertz CT molecular complexity index is 7900. The summed E-state index contributed by atoms with van der Waals surface area (Å²) in [5, 5.41) is 70.5. The number of aromatic nitrogens is 15. The molecular formula is C110H114Cl3N15O10S3. The van der Waals surface area contributed by atoms with Crippen molar-refractivity contribution in [1.82, 2.24) is 72.4 Å². The number of aliphatic hydroxyl groups excluding tert-OH is 1. The van der Waals surface area contributed by atoms with Crippen LogP contribution in [0.1, 0.15) is 152 Å². The first-order valence-electron chi connectivity index (χ1n) is 47.4. The molecule has 3 N–H and O–H groups in total. The second-order valence-electron chi connectivity index (χ2n) is 36.4. The lowest BCUT2D eigenvalue weighted by molar-refractivity contribution is 0.0578. The van der Waals surface area contributed by atoms with E-state index < -0.39 is 11.9 Å². The third kappa shape index (κ3) is 19.7. The van der Waals surface area contributed by atoms with Gasteiger partial charge in [0.15, 0.2) is 0 Å². The van der Waals surface area contributed by atoms with Crippen molar-refractivity contribution in [2.24, 2.45) is 42.3 Å². The molecule has 0 fully saturated rings. The SMILES string of the molecule is COC(=O)c1c(C)c2c(-c3c(CSCc4cc(CCc5cc(O)c6ccccc6c5)n(C)n4)nn(C)c3C)c(Cl)ccc2n1CCCO.COC(=O)c1c(C)c2c3c(Cl)ccc2n1CCCOc1cc(cc2ccccc12)CCc1cc(nn1C)CSCc1nn(C)c(C)c1-3.Cc1c(C(=O)O)n2c3ccc(Cl)c(c13)-c1c(nn(C)c1C)CSCc1cc(n(C)n1)CCc1cc(c3ccccc3c1)OCCC2. The Balaban J connectivity index is 0.000000140. The summed E-state index contributed by atoms with van der Waals surface area (Å²) in [5.41, 5.74) is 27.6. The van der Waals surface area contributed by atoms with E-state index in [4.69, 9.17) is 84.3 Å².